The lowest BCUT2D eigenvalue weighted by Crippen LogP contribution is -2.24. The van der Waals surface area contributed by atoms with Crippen molar-refractivity contribution in [3.8, 4) is 0 Å². The second-order valence-corrected chi connectivity index (χ2v) is 6.11. The van der Waals surface area contributed by atoms with Gasteiger partial charge in [-0.1, -0.05) is 41.9 Å². The molecular weight excluding hydrogens is 334 g/mol. The number of nitrogens with zero attached hydrogens (tertiary/aromatic N) is 1. The van der Waals surface area contributed by atoms with Crippen LogP contribution < -0.4 is 10.6 Å². The highest BCUT2D eigenvalue weighted by molar-refractivity contribution is 6.31. The number of aryl methyl sites for hydroxylation is 1. The number of hydrogen-bond donors (Lipinski definition) is 2. The first kappa shape index (κ1) is 17.0. The van der Waals surface area contributed by atoms with Crippen molar-refractivity contribution in [3.63, 3.8) is 0 Å². The van der Waals surface area contributed by atoms with Gasteiger partial charge in [-0.05, 0) is 48.4 Å². The molecule has 0 bridgehead atoms. The van der Waals surface area contributed by atoms with E-state index >= 15 is 0 Å². The summed E-state index contributed by atoms with van der Waals surface area (Å²) in [6, 6.07) is 19.0. The van der Waals surface area contributed by atoms with Gasteiger partial charge in [0.05, 0.1) is 0 Å². The van der Waals surface area contributed by atoms with Crippen LogP contribution in [-0.4, -0.2) is 10.9 Å². The Morgan fingerprint density at radius 1 is 1.04 bits per heavy atom. The molecule has 1 amide bonds. The topological polar surface area (TPSA) is 54.0 Å². The zero-order valence-electron chi connectivity index (χ0n) is 13.8. The number of carbonyl (C=O) groups is 1. The Hall–Kier alpha value is -2.85. The van der Waals surface area contributed by atoms with Crippen molar-refractivity contribution < 1.29 is 4.79 Å². The van der Waals surface area contributed by atoms with Crippen LogP contribution in [0.4, 0.5) is 11.4 Å². The molecule has 0 fully saturated rings. The number of carbonyl (C=O) groups excluding carboxylic acids is 1. The summed E-state index contributed by atoms with van der Waals surface area (Å²) in [4.78, 5) is 16.5. The molecule has 0 radical (unpaired) electrons. The van der Waals surface area contributed by atoms with Crippen LogP contribution >= 0.6 is 11.6 Å². The number of hydrogen-bond acceptors (Lipinski definition) is 3. The molecule has 0 spiro atoms. The van der Waals surface area contributed by atoms with Crippen LogP contribution in [0.5, 0.6) is 0 Å². The Labute approximate surface area is 151 Å². The number of benzene rings is 2. The summed E-state index contributed by atoms with van der Waals surface area (Å²) in [5, 5.41) is 6.75. The van der Waals surface area contributed by atoms with Gasteiger partial charge in [-0.3, -0.25) is 9.78 Å². The lowest BCUT2D eigenvalue weighted by Gasteiger charge is -2.09. The van der Waals surface area contributed by atoms with Crippen LogP contribution in [0.1, 0.15) is 21.6 Å². The van der Waals surface area contributed by atoms with Crippen LogP contribution in [0.15, 0.2) is 66.9 Å². The molecule has 2 N–H and O–H groups in total. The smallest absolute Gasteiger partial charge is 0.270 e. The van der Waals surface area contributed by atoms with Gasteiger partial charge in [0.1, 0.15) is 5.69 Å². The fourth-order valence-electron chi connectivity index (χ4n) is 2.43. The summed E-state index contributed by atoms with van der Waals surface area (Å²) in [6.07, 6.45) is 1.61. The molecule has 0 saturated carbocycles. The molecule has 0 aliphatic heterocycles. The first-order chi connectivity index (χ1) is 12.1. The molecule has 4 nitrogen and oxygen atoms in total. The first-order valence-corrected chi connectivity index (χ1v) is 8.31. The van der Waals surface area contributed by atoms with Gasteiger partial charge in [-0.2, -0.15) is 0 Å². The average Bonchev–Trinajstić information content (AvgIpc) is 2.61. The fraction of sp³-hybridized carbons (Fsp3) is 0.100. The SMILES string of the molecule is Cc1cccc(Nc2ccnc(C(=O)NCc3ccccc3Cl)c2)c1. The van der Waals surface area contributed by atoms with E-state index in [9.17, 15) is 4.79 Å². The van der Waals surface area contributed by atoms with Crippen LogP contribution in [0, 0.1) is 6.92 Å². The Morgan fingerprint density at radius 2 is 1.84 bits per heavy atom. The summed E-state index contributed by atoms with van der Waals surface area (Å²) in [7, 11) is 0. The predicted molar refractivity (Wildman–Crippen MR) is 101 cm³/mol. The molecule has 25 heavy (non-hydrogen) atoms. The Morgan fingerprint density at radius 3 is 2.64 bits per heavy atom. The third-order valence-electron chi connectivity index (χ3n) is 3.70. The highest BCUT2D eigenvalue weighted by Gasteiger charge is 2.09. The molecule has 0 atom stereocenters. The molecule has 1 heterocycles. The standard InChI is InChI=1S/C20H18ClN3O/c1-14-5-4-7-16(11-14)24-17-9-10-22-19(12-17)20(25)23-13-15-6-2-3-8-18(15)21/h2-12H,13H2,1H3,(H,22,24)(H,23,25). The van der Waals surface area contributed by atoms with Gasteiger partial charge >= 0.3 is 0 Å². The molecule has 0 aliphatic rings. The molecule has 1 aromatic heterocycles. The van der Waals surface area contributed by atoms with Gasteiger partial charge in [-0.25, -0.2) is 0 Å². The van der Waals surface area contributed by atoms with Crippen molar-refractivity contribution in [2.45, 2.75) is 13.5 Å². The van der Waals surface area contributed by atoms with E-state index in [0.29, 0.717) is 17.3 Å². The Kier molecular flexibility index (Phi) is 5.31. The van der Waals surface area contributed by atoms with E-state index in [1.807, 2.05) is 55.5 Å². The Balaban J connectivity index is 1.68. The van der Waals surface area contributed by atoms with Gasteiger partial charge in [-0.15, -0.1) is 0 Å². The first-order valence-electron chi connectivity index (χ1n) is 7.93. The maximum atomic E-state index is 12.3. The van der Waals surface area contributed by atoms with Crippen LogP contribution in [0.25, 0.3) is 0 Å². The van der Waals surface area contributed by atoms with E-state index in [4.69, 9.17) is 11.6 Å². The highest BCUT2D eigenvalue weighted by atomic mass is 35.5. The van der Waals surface area contributed by atoms with Gasteiger partial charge in [0, 0.05) is 29.1 Å². The lowest BCUT2D eigenvalue weighted by atomic mass is 10.2. The second kappa shape index (κ2) is 7.81. The summed E-state index contributed by atoms with van der Waals surface area (Å²) >= 11 is 6.11. The summed E-state index contributed by atoms with van der Waals surface area (Å²) in [6.45, 7) is 2.39. The normalized spacial score (nSPS) is 10.3. The van der Waals surface area contributed by atoms with Crippen molar-refractivity contribution in [3.05, 3.63) is 88.7 Å². The number of rotatable bonds is 5. The monoisotopic (exact) mass is 351 g/mol. The van der Waals surface area contributed by atoms with Crippen molar-refractivity contribution in [1.82, 2.24) is 10.3 Å². The molecule has 3 aromatic rings. The van der Waals surface area contributed by atoms with Crippen molar-refractivity contribution in [1.29, 1.82) is 0 Å². The molecular formula is C20H18ClN3O. The molecule has 0 saturated heterocycles. The summed E-state index contributed by atoms with van der Waals surface area (Å²) in [5.41, 5.74) is 4.16. The minimum atomic E-state index is -0.243. The molecule has 0 aliphatic carbocycles. The lowest BCUT2D eigenvalue weighted by molar-refractivity contribution is 0.0946. The van der Waals surface area contributed by atoms with E-state index in [2.05, 4.69) is 15.6 Å². The highest BCUT2D eigenvalue weighted by Crippen LogP contribution is 2.18. The van der Waals surface area contributed by atoms with Crippen molar-refractivity contribution in [2.24, 2.45) is 0 Å². The van der Waals surface area contributed by atoms with Crippen molar-refractivity contribution in [2.75, 3.05) is 5.32 Å². The number of anilines is 2. The summed E-state index contributed by atoms with van der Waals surface area (Å²) < 4.78 is 0. The number of amides is 1. The fourth-order valence-corrected chi connectivity index (χ4v) is 2.63. The van der Waals surface area contributed by atoms with Crippen LogP contribution in [0.2, 0.25) is 5.02 Å². The minimum Gasteiger partial charge on any atom is -0.355 e. The van der Waals surface area contributed by atoms with E-state index in [1.165, 1.54) is 0 Å². The number of aromatic nitrogens is 1. The van der Waals surface area contributed by atoms with Gasteiger partial charge in [0.25, 0.3) is 5.91 Å². The van der Waals surface area contributed by atoms with Gasteiger partial charge < -0.3 is 10.6 Å². The van der Waals surface area contributed by atoms with E-state index in [1.54, 1.807) is 18.3 Å². The second-order valence-electron chi connectivity index (χ2n) is 5.70. The maximum Gasteiger partial charge on any atom is 0.270 e. The van der Waals surface area contributed by atoms with E-state index in [0.717, 1.165) is 22.5 Å². The summed E-state index contributed by atoms with van der Waals surface area (Å²) in [5.74, 6) is -0.243. The third kappa shape index (κ3) is 4.58. The van der Waals surface area contributed by atoms with Gasteiger partial charge in [0.15, 0.2) is 0 Å². The van der Waals surface area contributed by atoms with E-state index in [-0.39, 0.29) is 5.91 Å². The average molecular weight is 352 g/mol. The zero-order chi connectivity index (χ0) is 17.6. The number of pyridine rings is 1. The minimum absolute atomic E-state index is 0.243. The number of halogens is 1. The maximum absolute atomic E-state index is 12.3. The quantitative estimate of drug-likeness (QED) is 0.699. The molecule has 126 valence electrons. The largest absolute Gasteiger partial charge is 0.355 e. The molecule has 5 heteroatoms. The Bertz CT molecular complexity index is 895. The van der Waals surface area contributed by atoms with E-state index < -0.39 is 0 Å². The van der Waals surface area contributed by atoms with Crippen LogP contribution in [-0.2, 0) is 6.54 Å². The van der Waals surface area contributed by atoms with Gasteiger partial charge in [0.2, 0.25) is 0 Å². The van der Waals surface area contributed by atoms with Crippen molar-refractivity contribution >= 4 is 28.9 Å². The van der Waals surface area contributed by atoms with Crippen LogP contribution in [0.3, 0.4) is 0 Å². The number of nitrogens with one attached hydrogen (secondary N) is 2. The molecule has 0 unspecified atom stereocenters. The third-order valence-corrected chi connectivity index (χ3v) is 4.07. The molecule has 3 rings (SSSR count). The predicted octanol–water partition coefficient (Wildman–Crippen LogP) is 4.72. The zero-order valence-corrected chi connectivity index (χ0v) is 14.5. The molecule has 2 aromatic carbocycles.